The van der Waals surface area contributed by atoms with Gasteiger partial charge >= 0.3 is 5.69 Å². The first kappa shape index (κ1) is 25.2. The molecule has 1 aliphatic carbocycles. The maximum Gasteiger partial charge on any atom is 0.333 e. The molecule has 2 aromatic heterocycles. The minimum Gasteiger partial charge on any atom is -0.324 e. The second-order valence-corrected chi connectivity index (χ2v) is 9.83. The number of ketones is 1. The van der Waals surface area contributed by atoms with Crippen molar-refractivity contribution in [2.45, 2.75) is 38.8 Å². The Morgan fingerprint density at radius 1 is 0.875 bits per heavy atom. The Bertz CT molecular complexity index is 1790. The van der Waals surface area contributed by atoms with E-state index in [0.29, 0.717) is 22.5 Å². The van der Waals surface area contributed by atoms with Crippen molar-refractivity contribution in [2.75, 3.05) is 5.32 Å². The zero-order valence-electron chi connectivity index (χ0n) is 21.9. The number of hydrogen-bond acceptors (Lipinski definition) is 5. The van der Waals surface area contributed by atoms with Crippen molar-refractivity contribution < 1.29 is 9.59 Å². The van der Waals surface area contributed by atoms with E-state index >= 15 is 0 Å². The van der Waals surface area contributed by atoms with Gasteiger partial charge in [-0.2, -0.15) is 0 Å². The molecule has 0 spiro atoms. The van der Waals surface area contributed by atoms with Gasteiger partial charge < -0.3 is 5.32 Å². The maximum absolute atomic E-state index is 13.5. The number of fused-ring (bicyclic) bond motifs is 1. The normalized spacial score (nSPS) is 13.2. The monoisotopic (exact) mass is 532 g/mol. The minimum atomic E-state index is -0.345. The highest BCUT2D eigenvalue weighted by Crippen LogP contribution is 2.25. The zero-order chi connectivity index (χ0) is 27.5. The van der Waals surface area contributed by atoms with Gasteiger partial charge in [0.25, 0.3) is 0 Å². The number of allylic oxidation sites excluding steroid dienone is 2. The lowest BCUT2D eigenvalue weighted by Gasteiger charge is -2.13. The number of carbonyl (C=O) groups excluding carboxylic acids is 2. The summed E-state index contributed by atoms with van der Waals surface area (Å²) in [6, 6.07) is 23.6. The van der Waals surface area contributed by atoms with Gasteiger partial charge in [0.05, 0.1) is 29.5 Å². The van der Waals surface area contributed by atoms with Crippen LogP contribution < -0.4 is 11.0 Å². The van der Waals surface area contributed by atoms with Crippen molar-refractivity contribution in [1.82, 2.24) is 24.1 Å². The predicted molar refractivity (Wildman–Crippen MR) is 153 cm³/mol. The van der Waals surface area contributed by atoms with Gasteiger partial charge in [-0.05, 0) is 49.9 Å². The molecule has 0 radical (unpaired) electrons. The molecule has 0 saturated heterocycles. The van der Waals surface area contributed by atoms with Gasteiger partial charge in [0.2, 0.25) is 5.91 Å². The van der Waals surface area contributed by atoms with E-state index in [4.69, 9.17) is 0 Å². The Morgan fingerprint density at radius 3 is 2.42 bits per heavy atom. The van der Waals surface area contributed by atoms with E-state index in [-0.39, 0.29) is 30.5 Å². The highest BCUT2D eigenvalue weighted by molar-refractivity contribution is 6.13. The van der Waals surface area contributed by atoms with Gasteiger partial charge in [-0.15, -0.1) is 5.10 Å². The molecule has 0 unspecified atom stereocenters. The van der Waals surface area contributed by atoms with Crippen LogP contribution in [-0.4, -0.2) is 35.8 Å². The molecular formula is C31H28N6O3. The molecule has 2 heterocycles. The summed E-state index contributed by atoms with van der Waals surface area (Å²) in [4.78, 5) is 39.4. The Balaban J connectivity index is 1.19. The smallest absolute Gasteiger partial charge is 0.324 e. The summed E-state index contributed by atoms with van der Waals surface area (Å²) in [6.45, 7) is 0.139. The van der Waals surface area contributed by atoms with Crippen LogP contribution in [0.25, 0.3) is 16.7 Å². The van der Waals surface area contributed by atoms with Gasteiger partial charge in [-0.1, -0.05) is 65.9 Å². The number of aromatic nitrogens is 5. The van der Waals surface area contributed by atoms with Crippen molar-refractivity contribution in [2.24, 2.45) is 0 Å². The predicted octanol–water partition coefficient (Wildman–Crippen LogP) is 4.73. The molecule has 6 rings (SSSR count). The quantitative estimate of drug-likeness (QED) is 0.291. The van der Waals surface area contributed by atoms with Gasteiger partial charge in [0, 0.05) is 16.8 Å². The number of benzene rings is 3. The van der Waals surface area contributed by atoms with E-state index in [1.165, 1.54) is 4.68 Å². The fourth-order valence-corrected chi connectivity index (χ4v) is 5.19. The van der Waals surface area contributed by atoms with Gasteiger partial charge in [-0.25, -0.2) is 9.48 Å². The molecule has 40 heavy (non-hydrogen) atoms. The Hall–Kier alpha value is -5.05. The number of rotatable bonds is 8. The second-order valence-electron chi connectivity index (χ2n) is 9.83. The summed E-state index contributed by atoms with van der Waals surface area (Å²) in [5, 5.41) is 11.2. The summed E-state index contributed by atoms with van der Waals surface area (Å²) in [6.07, 6.45) is 7.88. The lowest BCUT2D eigenvalue weighted by atomic mass is 10.0. The Kier molecular flexibility index (Phi) is 6.93. The Morgan fingerprint density at radius 2 is 1.62 bits per heavy atom. The van der Waals surface area contributed by atoms with Crippen molar-refractivity contribution in [3.05, 3.63) is 118 Å². The number of hydrogen-bond donors (Lipinski definition) is 1. The highest BCUT2D eigenvalue weighted by Gasteiger charge is 2.19. The van der Waals surface area contributed by atoms with E-state index in [2.05, 4.69) is 21.7 Å². The molecule has 0 fully saturated rings. The van der Waals surface area contributed by atoms with Crippen LogP contribution in [0.3, 0.4) is 0 Å². The van der Waals surface area contributed by atoms with Crippen LogP contribution in [0.15, 0.2) is 95.9 Å². The summed E-state index contributed by atoms with van der Waals surface area (Å²) in [5.41, 5.74) is 4.57. The van der Waals surface area contributed by atoms with Crippen LogP contribution in [0, 0.1) is 0 Å². The van der Waals surface area contributed by atoms with Gasteiger partial charge in [0.15, 0.2) is 5.78 Å². The van der Waals surface area contributed by atoms with Gasteiger partial charge in [0.1, 0.15) is 12.2 Å². The number of imidazole rings is 1. The van der Waals surface area contributed by atoms with Crippen LogP contribution in [-0.2, 0) is 17.9 Å². The molecule has 1 N–H and O–H groups in total. The summed E-state index contributed by atoms with van der Waals surface area (Å²) >= 11 is 0. The third-order valence-corrected chi connectivity index (χ3v) is 7.08. The van der Waals surface area contributed by atoms with Crippen molar-refractivity contribution >= 4 is 34.1 Å². The van der Waals surface area contributed by atoms with E-state index in [1.54, 1.807) is 63.9 Å². The van der Waals surface area contributed by atoms with Crippen molar-refractivity contribution in [1.29, 1.82) is 0 Å². The zero-order valence-corrected chi connectivity index (χ0v) is 21.9. The lowest BCUT2D eigenvalue weighted by molar-refractivity contribution is -0.116. The fraction of sp³-hybridized carbons (Fsp3) is 0.194. The van der Waals surface area contributed by atoms with E-state index < -0.39 is 0 Å². The van der Waals surface area contributed by atoms with Crippen LogP contribution in [0.5, 0.6) is 0 Å². The lowest BCUT2D eigenvalue weighted by Crippen LogP contribution is -2.25. The maximum atomic E-state index is 13.5. The van der Waals surface area contributed by atoms with E-state index in [9.17, 15) is 14.4 Å². The Labute approximate surface area is 230 Å². The standard InChI is InChI=1S/C31H28N6O3/c38-29(32-26-16-8-7-15-25(26)30(39)22-11-3-1-4-12-22)21-35-19-23(33-34-35)20-36-27-17-9-10-18-28(27)37(31(36)40)24-13-5-2-6-14-24/h1,3-4,7-13,15-19H,2,5-6,14,20-21H2,(H,32,38). The van der Waals surface area contributed by atoms with E-state index in [1.807, 2.05) is 30.3 Å². The molecule has 0 saturated carbocycles. The highest BCUT2D eigenvalue weighted by atomic mass is 16.2. The van der Waals surface area contributed by atoms with Gasteiger partial charge in [-0.3, -0.25) is 18.7 Å². The number of nitrogens with zero attached hydrogens (tertiary/aromatic N) is 5. The molecule has 0 bridgehead atoms. The SMILES string of the molecule is O=C(Cn1cc(Cn2c(=O)n(C3=CCCCC3)c3ccccc32)nn1)Nc1ccccc1C(=O)c1ccccc1. The second kappa shape index (κ2) is 11.0. The number of amides is 1. The topological polar surface area (TPSA) is 104 Å². The molecule has 9 nitrogen and oxygen atoms in total. The largest absolute Gasteiger partial charge is 0.333 e. The number of nitrogens with one attached hydrogen (secondary N) is 1. The molecular weight excluding hydrogens is 504 g/mol. The van der Waals surface area contributed by atoms with Crippen molar-refractivity contribution in [3.8, 4) is 0 Å². The minimum absolute atomic E-state index is 0.0929. The number of carbonyl (C=O) groups is 2. The molecule has 3 aromatic carbocycles. The first-order valence-electron chi connectivity index (χ1n) is 13.4. The molecule has 200 valence electrons. The molecule has 1 aliphatic rings. The van der Waals surface area contributed by atoms with Crippen molar-refractivity contribution in [3.63, 3.8) is 0 Å². The first-order valence-corrected chi connectivity index (χ1v) is 13.4. The van der Waals surface area contributed by atoms with Crippen LogP contribution in [0.1, 0.15) is 47.3 Å². The average molecular weight is 533 g/mol. The average Bonchev–Trinajstić information content (AvgIpc) is 3.55. The third-order valence-electron chi connectivity index (χ3n) is 7.08. The number of para-hydroxylation sites is 3. The summed E-state index contributed by atoms with van der Waals surface area (Å²) in [7, 11) is 0. The summed E-state index contributed by atoms with van der Waals surface area (Å²) in [5.74, 6) is -0.518. The number of anilines is 1. The van der Waals surface area contributed by atoms with Crippen LogP contribution >= 0.6 is 0 Å². The van der Waals surface area contributed by atoms with Crippen LogP contribution in [0.4, 0.5) is 5.69 Å². The molecule has 0 atom stereocenters. The molecule has 5 aromatic rings. The third kappa shape index (κ3) is 5.01. The van der Waals surface area contributed by atoms with E-state index in [0.717, 1.165) is 42.4 Å². The molecule has 0 aliphatic heterocycles. The van der Waals surface area contributed by atoms with Crippen LogP contribution in [0.2, 0.25) is 0 Å². The molecule has 1 amide bonds. The fourth-order valence-electron chi connectivity index (χ4n) is 5.19. The summed E-state index contributed by atoms with van der Waals surface area (Å²) < 4.78 is 4.94. The molecule has 9 heteroatoms. The first-order chi connectivity index (χ1) is 19.6.